The van der Waals surface area contributed by atoms with Gasteiger partial charge < -0.3 is 15.0 Å². The van der Waals surface area contributed by atoms with E-state index >= 15 is 0 Å². The molecule has 2 aliphatic rings. The molecule has 2 heterocycles. The summed E-state index contributed by atoms with van der Waals surface area (Å²) in [7, 11) is 0. The molecule has 170 valence electrons. The molecule has 4 amide bonds. The van der Waals surface area contributed by atoms with Gasteiger partial charge in [-0.1, -0.05) is 18.2 Å². The van der Waals surface area contributed by atoms with E-state index in [1.165, 1.54) is 13.0 Å². The van der Waals surface area contributed by atoms with Crippen molar-refractivity contribution < 1.29 is 28.7 Å². The number of imide groups is 1. The second-order valence-electron chi connectivity index (χ2n) is 7.99. The van der Waals surface area contributed by atoms with E-state index in [0.717, 1.165) is 4.90 Å². The number of carbonyl (C=O) groups is 5. The molecule has 2 aliphatic heterocycles. The number of nitrogens with one attached hydrogen (secondary N) is 1. The Hall–Kier alpha value is -4.01. The molecule has 0 saturated carbocycles. The van der Waals surface area contributed by atoms with Crippen molar-refractivity contribution in [3.63, 3.8) is 0 Å². The van der Waals surface area contributed by atoms with Gasteiger partial charge in [-0.3, -0.25) is 28.9 Å². The fourth-order valence-electron chi connectivity index (χ4n) is 4.03. The van der Waals surface area contributed by atoms with Gasteiger partial charge in [0.1, 0.15) is 12.3 Å². The highest BCUT2D eigenvalue weighted by Crippen LogP contribution is 2.23. The molecule has 4 rings (SSSR count). The normalized spacial score (nSPS) is 15.9. The standard InChI is InChI=1S/C24H23N3O6/c1-15(28)33-18-6-4-5-16(13-18)22(30)25-17-9-11-26(12-10-17)21(29)14-27-23(31)19-7-2-3-8-20(19)24(27)32/h2-8,13,17H,9-12,14H2,1H3,(H,25,30). The van der Waals surface area contributed by atoms with Gasteiger partial charge in [-0.2, -0.15) is 0 Å². The summed E-state index contributed by atoms with van der Waals surface area (Å²) in [4.78, 5) is 63.9. The molecule has 1 N–H and O–H groups in total. The Morgan fingerprint density at radius 1 is 0.970 bits per heavy atom. The Kier molecular flexibility index (Phi) is 6.21. The summed E-state index contributed by atoms with van der Waals surface area (Å²) in [5, 5.41) is 2.94. The van der Waals surface area contributed by atoms with Crippen molar-refractivity contribution in [1.29, 1.82) is 0 Å². The van der Waals surface area contributed by atoms with Crippen molar-refractivity contribution in [3.05, 3.63) is 65.2 Å². The lowest BCUT2D eigenvalue weighted by atomic mass is 10.0. The summed E-state index contributed by atoms with van der Waals surface area (Å²) in [6.45, 7) is 1.80. The van der Waals surface area contributed by atoms with E-state index in [-0.39, 0.29) is 24.4 Å². The lowest BCUT2D eigenvalue weighted by Crippen LogP contribution is -2.49. The summed E-state index contributed by atoms with van der Waals surface area (Å²) in [5.41, 5.74) is 1.00. The fraction of sp³-hybridized carbons (Fsp3) is 0.292. The topological polar surface area (TPSA) is 113 Å². The summed E-state index contributed by atoms with van der Waals surface area (Å²) in [6.07, 6.45) is 1.09. The number of amides is 4. The maximum absolute atomic E-state index is 12.7. The molecule has 0 aromatic heterocycles. The number of esters is 1. The van der Waals surface area contributed by atoms with Crippen LogP contribution in [0.4, 0.5) is 0 Å². The predicted octanol–water partition coefficient (Wildman–Crippen LogP) is 1.63. The SMILES string of the molecule is CC(=O)Oc1cccc(C(=O)NC2CCN(C(=O)CN3C(=O)c4ccccc4C3=O)CC2)c1. The number of hydrogen-bond donors (Lipinski definition) is 1. The van der Waals surface area contributed by atoms with E-state index in [4.69, 9.17) is 4.74 Å². The summed E-state index contributed by atoms with van der Waals surface area (Å²) in [5.74, 6) is -1.68. The van der Waals surface area contributed by atoms with E-state index in [9.17, 15) is 24.0 Å². The third-order valence-electron chi connectivity index (χ3n) is 5.71. The smallest absolute Gasteiger partial charge is 0.308 e. The van der Waals surface area contributed by atoms with Gasteiger partial charge in [0.25, 0.3) is 17.7 Å². The first-order valence-electron chi connectivity index (χ1n) is 10.7. The molecule has 0 radical (unpaired) electrons. The molecule has 0 bridgehead atoms. The third-order valence-corrected chi connectivity index (χ3v) is 5.71. The van der Waals surface area contributed by atoms with Crippen LogP contribution in [0.5, 0.6) is 5.75 Å². The van der Waals surface area contributed by atoms with Crippen LogP contribution >= 0.6 is 0 Å². The van der Waals surface area contributed by atoms with Gasteiger partial charge in [0.2, 0.25) is 5.91 Å². The molecule has 2 aromatic rings. The van der Waals surface area contributed by atoms with Crippen LogP contribution in [0.25, 0.3) is 0 Å². The zero-order valence-corrected chi connectivity index (χ0v) is 18.1. The van der Waals surface area contributed by atoms with Gasteiger partial charge in [0.05, 0.1) is 11.1 Å². The first-order chi connectivity index (χ1) is 15.8. The number of fused-ring (bicyclic) bond motifs is 1. The Labute approximate surface area is 190 Å². The Bertz CT molecular complexity index is 1100. The first-order valence-corrected chi connectivity index (χ1v) is 10.7. The highest BCUT2D eigenvalue weighted by molar-refractivity contribution is 6.22. The van der Waals surface area contributed by atoms with Crippen LogP contribution in [0.1, 0.15) is 50.8 Å². The summed E-state index contributed by atoms with van der Waals surface area (Å²) in [6, 6.07) is 12.7. The van der Waals surface area contributed by atoms with Gasteiger partial charge in [-0.25, -0.2) is 0 Å². The number of carbonyl (C=O) groups excluding carboxylic acids is 5. The van der Waals surface area contributed by atoms with Crippen LogP contribution in [-0.4, -0.2) is 65.1 Å². The van der Waals surface area contributed by atoms with Gasteiger partial charge in [-0.15, -0.1) is 0 Å². The molecular weight excluding hydrogens is 426 g/mol. The van der Waals surface area contributed by atoms with Gasteiger partial charge >= 0.3 is 5.97 Å². The summed E-state index contributed by atoms with van der Waals surface area (Å²) < 4.78 is 5.01. The minimum absolute atomic E-state index is 0.127. The molecule has 0 atom stereocenters. The van der Waals surface area contributed by atoms with E-state index in [1.54, 1.807) is 47.4 Å². The molecule has 1 saturated heterocycles. The Balaban J connectivity index is 1.29. The minimum atomic E-state index is -0.467. The number of piperidine rings is 1. The monoisotopic (exact) mass is 449 g/mol. The van der Waals surface area contributed by atoms with E-state index in [2.05, 4.69) is 5.32 Å². The van der Waals surface area contributed by atoms with Crippen LogP contribution in [0, 0.1) is 0 Å². The van der Waals surface area contributed by atoms with Crippen LogP contribution in [-0.2, 0) is 9.59 Å². The van der Waals surface area contributed by atoms with Crippen LogP contribution in [0.3, 0.4) is 0 Å². The van der Waals surface area contributed by atoms with Crippen molar-refractivity contribution in [3.8, 4) is 5.75 Å². The highest BCUT2D eigenvalue weighted by atomic mass is 16.5. The van der Waals surface area contributed by atoms with Gasteiger partial charge in [-0.05, 0) is 43.2 Å². The van der Waals surface area contributed by atoms with Crippen LogP contribution in [0.2, 0.25) is 0 Å². The maximum Gasteiger partial charge on any atom is 0.308 e. The highest BCUT2D eigenvalue weighted by Gasteiger charge is 2.37. The van der Waals surface area contributed by atoms with Crippen molar-refractivity contribution in [2.24, 2.45) is 0 Å². The Morgan fingerprint density at radius 3 is 2.21 bits per heavy atom. The second kappa shape index (κ2) is 9.23. The Morgan fingerprint density at radius 2 is 1.61 bits per heavy atom. The lowest BCUT2D eigenvalue weighted by molar-refractivity contribution is -0.133. The summed E-state index contributed by atoms with van der Waals surface area (Å²) >= 11 is 0. The number of nitrogens with zero attached hydrogens (tertiary/aromatic N) is 2. The van der Waals surface area contributed by atoms with Crippen molar-refractivity contribution >= 4 is 29.6 Å². The van der Waals surface area contributed by atoms with Crippen LogP contribution in [0.15, 0.2) is 48.5 Å². The molecule has 0 spiro atoms. The van der Waals surface area contributed by atoms with Crippen molar-refractivity contribution in [1.82, 2.24) is 15.1 Å². The quantitative estimate of drug-likeness (QED) is 0.422. The number of likely N-dealkylation sites (tertiary alicyclic amines) is 1. The molecular formula is C24H23N3O6. The van der Waals surface area contributed by atoms with Gasteiger partial charge in [0.15, 0.2) is 0 Å². The number of hydrogen-bond acceptors (Lipinski definition) is 6. The minimum Gasteiger partial charge on any atom is -0.427 e. The zero-order chi connectivity index (χ0) is 23.5. The molecule has 0 aliphatic carbocycles. The van der Waals surface area contributed by atoms with Gasteiger partial charge in [0, 0.05) is 31.6 Å². The molecule has 33 heavy (non-hydrogen) atoms. The molecule has 1 fully saturated rings. The molecule has 9 heteroatoms. The average Bonchev–Trinajstić information content (AvgIpc) is 3.04. The average molecular weight is 449 g/mol. The lowest BCUT2D eigenvalue weighted by Gasteiger charge is -2.33. The molecule has 9 nitrogen and oxygen atoms in total. The maximum atomic E-state index is 12.7. The van der Waals surface area contributed by atoms with E-state index in [0.29, 0.717) is 48.4 Å². The van der Waals surface area contributed by atoms with E-state index < -0.39 is 17.8 Å². The zero-order valence-electron chi connectivity index (χ0n) is 18.1. The number of benzene rings is 2. The van der Waals surface area contributed by atoms with Crippen LogP contribution < -0.4 is 10.1 Å². The number of ether oxygens (including phenoxy) is 1. The first kappa shape index (κ1) is 22.2. The number of rotatable bonds is 5. The van der Waals surface area contributed by atoms with E-state index in [1.807, 2.05) is 0 Å². The molecule has 0 unspecified atom stereocenters. The predicted molar refractivity (Wildman–Crippen MR) is 117 cm³/mol. The second-order valence-corrected chi connectivity index (χ2v) is 7.99. The fourth-order valence-corrected chi connectivity index (χ4v) is 4.03. The van der Waals surface area contributed by atoms with Crippen molar-refractivity contribution in [2.75, 3.05) is 19.6 Å². The largest absolute Gasteiger partial charge is 0.427 e. The third kappa shape index (κ3) is 4.77. The van der Waals surface area contributed by atoms with Crippen molar-refractivity contribution in [2.45, 2.75) is 25.8 Å². The molecule has 2 aromatic carbocycles.